The van der Waals surface area contributed by atoms with Crippen molar-refractivity contribution in [1.29, 1.82) is 0 Å². The van der Waals surface area contributed by atoms with Gasteiger partial charge in [0, 0.05) is 6.42 Å². The van der Waals surface area contributed by atoms with E-state index in [2.05, 4.69) is 32.6 Å². The zero-order chi connectivity index (χ0) is 33.7. The summed E-state index contributed by atoms with van der Waals surface area (Å²) in [5, 5.41) is 36.2. The molecule has 0 aromatic carbocycles. The Hall–Kier alpha value is -0.680. The first kappa shape index (κ1) is 39.5. The van der Waals surface area contributed by atoms with Crippen molar-refractivity contribution in [2.24, 2.45) is 28.9 Å². The van der Waals surface area contributed by atoms with Crippen molar-refractivity contribution in [3.8, 4) is 0 Å². The monoisotopic (exact) mass is 665 g/mol. The van der Waals surface area contributed by atoms with E-state index >= 15 is 0 Å². The maximum Gasteiger partial charge on any atom is 0.369 e. The first-order valence-corrected chi connectivity index (χ1v) is 19.0. The molecule has 10 N–H and O–H groups in total. The predicted octanol–water partition coefficient (Wildman–Crippen LogP) is 4.43. The lowest BCUT2D eigenvalue weighted by atomic mass is 9.60. The number of fused-ring (bicyclic) bond motifs is 1. The number of nitrogens with two attached hydrogens (primary N) is 1. The van der Waals surface area contributed by atoms with Crippen LogP contribution in [0.1, 0.15) is 105 Å². The van der Waals surface area contributed by atoms with Gasteiger partial charge in [-0.05, 0) is 107 Å². The summed E-state index contributed by atoms with van der Waals surface area (Å²) in [5.74, 6) is 2.13. The highest BCUT2D eigenvalue weighted by Crippen LogP contribution is 2.69. The SMILES string of the molecule is C=C1[C@H](O)CC(=C/C=C2\CCC[C@]3(C)[C@@H]([C@@H](C)CCCC(C)(C)O)CC[C@@H]23)C[C@H]1O.NCCCC(O)(P(=O)(O)O)P(=O)(O)O. The van der Waals surface area contributed by atoms with Crippen LogP contribution >= 0.6 is 15.2 Å². The van der Waals surface area contributed by atoms with Crippen LogP contribution in [-0.4, -0.2) is 69.4 Å². The third kappa shape index (κ3) is 9.91. The minimum atomic E-state index is -5.30. The van der Waals surface area contributed by atoms with E-state index in [1.165, 1.54) is 38.5 Å². The maximum absolute atomic E-state index is 10.7. The molecule has 3 fully saturated rings. The van der Waals surface area contributed by atoms with Crippen molar-refractivity contribution in [2.45, 2.75) is 128 Å². The van der Waals surface area contributed by atoms with Gasteiger partial charge in [0.15, 0.2) is 0 Å². The highest BCUT2D eigenvalue weighted by atomic mass is 31.2. The van der Waals surface area contributed by atoms with Gasteiger partial charge in [0.05, 0.1) is 17.8 Å². The molecule has 256 valence electrons. The van der Waals surface area contributed by atoms with Crippen molar-refractivity contribution in [1.82, 2.24) is 0 Å². The Bertz CT molecular complexity index is 1100. The molecule has 0 aromatic rings. The molecule has 0 aromatic heterocycles. The van der Waals surface area contributed by atoms with Gasteiger partial charge in [-0.1, -0.05) is 56.6 Å². The van der Waals surface area contributed by atoms with Crippen molar-refractivity contribution < 1.29 is 49.1 Å². The summed E-state index contributed by atoms with van der Waals surface area (Å²) < 4.78 is 21.4. The molecule has 13 heteroatoms. The Kier molecular flexibility index (Phi) is 13.9. The first-order valence-electron chi connectivity index (χ1n) is 15.8. The zero-order valence-electron chi connectivity index (χ0n) is 26.8. The Morgan fingerprint density at radius 3 is 2.07 bits per heavy atom. The minimum absolute atomic E-state index is 0.0394. The number of allylic oxidation sites excluding steroid dienone is 3. The van der Waals surface area contributed by atoms with E-state index in [1.807, 2.05) is 13.8 Å². The van der Waals surface area contributed by atoms with E-state index in [0.29, 0.717) is 35.7 Å². The van der Waals surface area contributed by atoms with Crippen LogP contribution in [0.25, 0.3) is 0 Å². The van der Waals surface area contributed by atoms with Gasteiger partial charge in [0.2, 0.25) is 0 Å². The predicted molar refractivity (Wildman–Crippen MR) is 171 cm³/mol. The van der Waals surface area contributed by atoms with E-state index < -0.39 is 44.5 Å². The third-order valence-electron chi connectivity index (χ3n) is 10.1. The lowest BCUT2D eigenvalue weighted by molar-refractivity contribution is 0.0596. The van der Waals surface area contributed by atoms with Crippen molar-refractivity contribution >= 4 is 15.2 Å². The number of hydrogen-bond donors (Lipinski definition) is 9. The summed E-state index contributed by atoms with van der Waals surface area (Å²) in [6.07, 6.45) is 13.2. The molecule has 44 heavy (non-hydrogen) atoms. The lowest BCUT2D eigenvalue weighted by Crippen LogP contribution is -2.36. The number of rotatable bonds is 11. The van der Waals surface area contributed by atoms with Gasteiger partial charge in [0.25, 0.3) is 5.08 Å². The lowest BCUT2D eigenvalue weighted by Gasteiger charge is -2.44. The van der Waals surface area contributed by atoms with Crippen LogP contribution in [0.2, 0.25) is 0 Å². The number of hydrogen-bond acceptors (Lipinski definition) is 7. The van der Waals surface area contributed by atoms with Gasteiger partial charge in [-0.15, -0.1) is 0 Å². The van der Waals surface area contributed by atoms with E-state index in [9.17, 15) is 29.6 Å². The van der Waals surface area contributed by atoms with Crippen LogP contribution in [0.4, 0.5) is 0 Å². The summed E-state index contributed by atoms with van der Waals surface area (Å²) in [4.78, 5) is 34.5. The van der Waals surface area contributed by atoms with E-state index in [0.717, 1.165) is 24.3 Å². The summed E-state index contributed by atoms with van der Waals surface area (Å²) in [6, 6.07) is 0. The smallest absolute Gasteiger partial charge is 0.369 e. The summed E-state index contributed by atoms with van der Waals surface area (Å²) in [5.41, 5.74) is 8.11. The van der Waals surface area contributed by atoms with Crippen molar-refractivity contribution in [2.75, 3.05) is 6.54 Å². The fourth-order valence-electron chi connectivity index (χ4n) is 7.50. The third-order valence-corrected chi connectivity index (χ3v) is 14.0. The van der Waals surface area contributed by atoms with Crippen LogP contribution < -0.4 is 5.73 Å². The molecule has 0 amide bonds. The molecule has 0 bridgehead atoms. The average Bonchev–Trinajstić information content (AvgIpc) is 3.25. The molecule has 0 radical (unpaired) electrons. The average molecular weight is 666 g/mol. The molecule has 0 heterocycles. The quantitative estimate of drug-likeness (QED) is 0.111. The minimum Gasteiger partial charge on any atom is -0.390 e. The molecular formula is C31H57NO10P2. The Morgan fingerprint density at radius 2 is 1.57 bits per heavy atom. The van der Waals surface area contributed by atoms with Crippen LogP contribution in [0.5, 0.6) is 0 Å². The molecule has 0 spiro atoms. The Morgan fingerprint density at radius 1 is 1.00 bits per heavy atom. The van der Waals surface area contributed by atoms with Crippen molar-refractivity contribution in [3.63, 3.8) is 0 Å². The van der Waals surface area contributed by atoms with Gasteiger partial charge in [-0.25, -0.2) is 0 Å². The summed E-state index contributed by atoms with van der Waals surface area (Å²) in [6.45, 7) is 12.6. The van der Waals surface area contributed by atoms with Gasteiger partial charge in [0.1, 0.15) is 0 Å². The second-order valence-electron chi connectivity index (χ2n) is 14.1. The van der Waals surface area contributed by atoms with Gasteiger partial charge >= 0.3 is 15.2 Å². The maximum atomic E-state index is 10.7. The molecule has 3 rings (SSSR count). The van der Waals surface area contributed by atoms with Crippen molar-refractivity contribution in [3.05, 3.63) is 35.5 Å². The highest BCUT2D eigenvalue weighted by Gasteiger charge is 2.58. The number of aliphatic hydroxyl groups is 4. The molecule has 0 aliphatic heterocycles. The standard InChI is InChI=1S/C27H44O3.C4H13NO7P2/c1-18(8-6-14-26(3,4)30)22-12-13-23-21(9-7-15-27(22,23)5)11-10-20-16-24(28)19(2)25(29)17-20;5-3-1-2-4(6,13(7,8)9)14(10,11)12/h10-11,18,22-25,28-30H,2,6-9,12-17H2,1,3-5H3;6H,1-3,5H2,(H2,7,8,9)(H2,10,11,12)/b21-11+;/t18-,22+,23-,24+,25+,27+;/m0./s1. The Balaban J connectivity index is 0.000000408. The fourth-order valence-corrected chi connectivity index (χ4v) is 9.75. The van der Waals surface area contributed by atoms with Crippen LogP contribution in [0.15, 0.2) is 35.5 Å². The van der Waals surface area contributed by atoms with Crippen LogP contribution in [-0.2, 0) is 9.13 Å². The second-order valence-corrected chi connectivity index (χ2v) is 18.1. The van der Waals surface area contributed by atoms with Crippen LogP contribution in [0, 0.1) is 23.2 Å². The normalized spacial score (nSPS) is 30.1. The Labute approximate surface area is 262 Å². The topological polar surface area (TPSA) is 222 Å². The van der Waals surface area contributed by atoms with E-state index in [-0.39, 0.29) is 13.0 Å². The second kappa shape index (κ2) is 15.5. The zero-order valence-corrected chi connectivity index (χ0v) is 28.6. The summed E-state index contributed by atoms with van der Waals surface area (Å²) in [7, 11) is -10.6. The molecule has 3 saturated carbocycles. The molecule has 11 nitrogen and oxygen atoms in total. The van der Waals surface area contributed by atoms with E-state index in [4.69, 9.17) is 25.3 Å². The van der Waals surface area contributed by atoms with Crippen LogP contribution in [0.3, 0.4) is 0 Å². The number of aliphatic hydroxyl groups excluding tert-OH is 2. The molecule has 3 aliphatic rings. The largest absolute Gasteiger partial charge is 0.390 e. The van der Waals surface area contributed by atoms with Gasteiger partial charge in [-0.2, -0.15) is 0 Å². The molecule has 3 aliphatic carbocycles. The summed E-state index contributed by atoms with van der Waals surface area (Å²) >= 11 is 0. The van der Waals surface area contributed by atoms with Gasteiger partial charge in [-0.3, -0.25) is 9.13 Å². The van der Waals surface area contributed by atoms with E-state index in [1.54, 1.807) is 5.57 Å². The fraction of sp³-hybridized carbons (Fsp3) is 0.806. The molecule has 6 atom stereocenters. The van der Waals surface area contributed by atoms with Gasteiger partial charge < -0.3 is 45.7 Å². The highest BCUT2D eigenvalue weighted by molar-refractivity contribution is 7.72. The molecule has 0 unspecified atom stereocenters. The molecule has 0 saturated heterocycles. The molecular weight excluding hydrogens is 608 g/mol. The first-order chi connectivity index (χ1) is 20.1.